The Hall–Kier alpha value is -4.25. The fraction of sp³-hybridized carbons (Fsp3) is 0.483. The number of rotatable bonds is 8. The average Bonchev–Trinajstić information content (AvgIpc) is 3.31. The van der Waals surface area contributed by atoms with Crippen molar-refractivity contribution in [2.24, 2.45) is 5.73 Å². The molecule has 18 heteroatoms. The highest BCUT2D eigenvalue weighted by Gasteiger charge is 2.60. The molecular formula is C29H31ClF5N9O3. The molecule has 252 valence electrons. The molecule has 12 nitrogen and oxygen atoms in total. The monoisotopic (exact) mass is 683 g/mol. The maximum absolute atomic E-state index is 13.7. The largest absolute Gasteiger partial charge is 0.435 e. The van der Waals surface area contributed by atoms with Gasteiger partial charge in [-0.2, -0.15) is 18.3 Å². The number of nitrogens with zero attached hydrogens (tertiary/aromatic N) is 3. The van der Waals surface area contributed by atoms with E-state index in [-0.39, 0.29) is 57.6 Å². The van der Waals surface area contributed by atoms with Gasteiger partial charge in [-0.1, -0.05) is 11.6 Å². The van der Waals surface area contributed by atoms with E-state index in [1.165, 1.54) is 18.2 Å². The first-order chi connectivity index (χ1) is 22.2. The van der Waals surface area contributed by atoms with Gasteiger partial charge in [-0.05, 0) is 43.9 Å². The van der Waals surface area contributed by atoms with Crippen molar-refractivity contribution in [3.8, 4) is 0 Å². The van der Waals surface area contributed by atoms with Crippen LogP contribution in [0.2, 0.25) is 5.02 Å². The number of hydrogen-bond acceptors (Lipinski definition) is 6. The van der Waals surface area contributed by atoms with Crippen LogP contribution in [0.3, 0.4) is 0 Å². The van der Waals surface area contributed by atoms with Crippen LogP contribution in [0.4, 0.5) is 32.4 Å². The Morgan fingerprint density at radius 1 is 1.09 bits per heavy atom. The quantitative estimate of drug-likeness (QED) is 0.195. The Bertz CT molecular complexity index is 1680. The molecule has 7 N–H and O–H groups in total. The van der Waals surface area contributed by atoms with Gasteiger partial charge in [0.2, 0.25) is 0 Å². The minimum absolute atomic E-state index is 0.0556. The van der Waals surface area contributed by atoms with Gasteiger partial charge in [0.1, 0.15) is 0 Å². The summed E-state index contributed by atoms with van der Waals surface area (Å²) in [6.45, 7) is 0.956. The number of aromatic nitrogens is 4. The SMILES string of the molecule is NC1CC(NC(=O)N2CCC(NC(=O)c3ccc(NC(=O)c4ncc(Cc5c(C(F)(F)F)n[nH]c5[C@H]5CC5(F)F)[nH]4)cc3Cl)CC2)C1. The second-order valence-electron chi connectivity index (χ2n) is 12.2. The molecule has 0 spiro atoms. The normalized spacial score (nSPS) is 22.4. The van der Waals surface area contributed by atoms with E-state index in [0.29, 0.717) is 25.9 Å². The number of aromatic amines is 2. The molecule has 3 aliphatic rings. The molecule has 4 amide bonds. The first-order valence-electron chi connectivity index (χ1n) is 15.0. The lowest BCUT2D eigenvalue weighted by Gasteiger charge is -2.37. The smallest absolute Gasteiger partial charge is 0.349 e. The van der Waals surface area contributed by atoms with Crippen LogP contribution >= 0.6 is 11.6 Å². The minimum atomic E-state index is -4.88. The summed E-state index contributed by atoms with van der Waals surface area (Å²) in [6.07, 6.45) is -2.14. The fourth-order valence-corrected chi connectivity index (χ4v) is 6.13. The first-order valence-corrected chi connectivity index (χ1v) is 15.3. The van der Waals surface area contributed by atoms with Crippen LogP contribution in [0.1, 0.15) is 81.6 Å². The average molecular weight is 684 g/mol. The third kappa shape index (κ3) is 7.20. The molecule has 1 atom stereocenters. The Kier molecular flexibility index (Phi) is 8.63. The Balaban J connectivity index is 1.03. The number of carbonyl (C=O) groups is 3. The van der Waals surface area contributed by atoms with Crippen LogP contribution in [-0.2, 0) is 12.6 Å². The number of nitrogens with two attached hydrogens (primary N) is 1. The second kappa shape index (κ2) is 12.4. The Morgan fingerprint density at radius 2 is 1.79 bits per heavy atom. The highest BCUT2D eigenvalue weighted by Crippen LogP contribution is 2.56. The summed E-state index contributed by atoms with van der Waals surface area (Å²) in [7, 11) is 0. The number of likely N-dealkylation sites (tertiary alicyclic amines) is 1. The summed E-state index contributed by atoms with van der Waals surface area (Å²) >= 11 is 6.35. The van der Waals surface area contributed by atoms with Gasteiger partial charge in [0, 0.05) is 72.9 Å². The highest BCUT2D eigenvalue weighted by molar-refractivity contribution is 6.34. The van der Waals surface area contributed by atoms with Crippen LogP contribution in [-0.4, -0.2) is 80.0 Å². The standard InChI is InChI=1S/C29H31ClF5N9O3/c30-21-10-15(1-2-18(21)25(45)39-14-3-5-44(6-4-14)27(47)41-16-7-13(36)8-16)40-26(46)24-37-12-17(38-24)9-19-22(20-11-28(20,31)32)42-43-23(19)29(33,34)35/h1-2,10,12-14,16,20H,3-9,11,36H2,(H,37,38)(H,39,45)(H,40,46)(H,41,47)(H,42,43)/t13?,16?,20-/m1/s1. The van der Waals surface area contributed by atoms with Crippen LogP contribution < -0.4 is 21.7 Å². The number of urea groups is 1. The number of amides is 4. The van der Waals surface area contributed by atoms with Crippen molar-refractivity contribution in [3.63, 3.8) is 0 Å². The van der Waals surface area contributed by atoms with Gasteiger partial charge in [-0.3, -0.25) is 14.7 Å². The van der Waals surface area contributed by atoms with E-state index in [1.54, 1.807) is 4.90 Å². The molecular weight excluding hydrogens is 653 g/mol. The number of anilines is 1. The van der Waals surface area contributed by atoms with E-state index in [0.717, 1.165) is 19.0 Å². The van der Waals surface area contributed by atoms with Crippen molar-refractivity contribution in [1.82, 2.24) is 35.7 Å². The van der Waals surface area contributed by atoms with Crippen LogP contribution in [0.15, 0.2) is 24.4 Å². The van der Waals surface area contributed by atoms with Crippen molar-refractivity contribution in [2.75, 3.05) is 18.4 Å². The lowest BCUT2D eigenvalue weighted by Crippen LogP contribution is -2.56. The summed E-state index contributed by atoms with van der Waals surface area (Å²) in [5, 5.41) is 13.8. The van der Waals surface area contributed by atoms with Crippen molar-refractivity contribution < 1.29 is 36.3 Å². The molecule has 47 heavy (non-hydrogen) atoms. The van der Waals surface area contributed by atoms with Gasteiger partial charge in [-0.15, -0.1) is 0 Å². The van der Waals surface area contributed by atoms with Crippen molar-refractivity contribution in [2.45, 2.75) is 74.7 Å². The number of imidazole rings is 1. The van der Waals surface area contributed by atoms with E-state index in [2.05, 4.69) is 36.1 Å². The molecule has 1 saturated heterocycles. The van der Waals surface area contributed by atoms with Gasteiger partial charge in [0.25, 0.3) is 17.7 Å². The maximum atomic E-state index is 13.7. The van der Waals surface area contributed by atoms with Gasteiger partial charge < -0.3 is 31.6 Å². The molecule has 3 fully saturated rings. The maximum Gasteiger partial charge on any atom is 0.435 e. The third-order valence-electron chi connectivity index (χ3n) is 8.64. The number of carbonyl (C=O) groups excluding carboxylic acids is 3. The third-order valence-corrected chi connectivity index (χ3v) is 8.96. The van der Waals surface area contributed by atoms with E-state index >= 15 is 0 Å². The predicted octanol–water partition coefficient (Wildman–Crippen LogP) is 4.16. The molecule has 3 heterocycles. The van der Waals surface area contributed by atoms with E-state index in [9.17, 15) is 36.3 Å². The van der Waals surface area contributed by atoms with Crippen molar-refractivity contribution >= 4 is 35.1 Å². The molecule has 1 aromatic carbocycles. The van der Waals surface area contributed by atoms with Crippen LogP contribution in [0.25, 0.3) is 0 Å². The van der Waals surface area contributed by atoms with Gasteiger partial charge in [0.05, 0.1) is 16.5 Å². The number of piperidine rings is 1. The molecule has 2 saturated carbocycles. The molecule has 0 bridgehead atoms. The lowest BCUT2D eigenvalue weighted by molar-refractivity contribution is -0.141. The zero-order valence-electron chi connectivity index (χ0n) is 24.7. The van der Waals surface area contributed by atoms with Gasteiger partial charge in [0.15, 0.2) is 11.5 Å². The fourth-order valence-electron chi connectivity index (χ4n) is 5.86. The zero-order chi connectivity index (χ0) is 33.7. The molecule has 2 aromatic heterocycles. The Morgan fingerprint density at radius 3 is 2.40 bits per heavy atom. The first kappa shape index (κ1) is 32.7. The molecule has 0 radical (unpaired) electrons. The number of H-pyrrole nitrogens is 2. The van der Waals surface area contributed by atoms with E-state index in [4.69, 9.17) is 17.3 Å². The molecule has 3 aromatic rings. The van der Waals surface area contributed by atoms with Crippen LogP contribution in [0.5, 0.6) is 0 Å². The number of benzene rings is 1. The van der Waals surface area contributed by atoms with Gasteiger partial charge in [-0.25, -0.2) is 18.6 Å². The molecule has 6 rings (SSSR count). The number of halogens is 6. The molecule has 1 aliphatic heterocycles. The summed E-state index contributed by atoms with van der Waals surface area (Å²) in [5.74, 6) is -5.94. The molecule has 0 unspecified atom stereocenters. The number of nitrogens with one attached hydrogen (secondary N) is 5. The number of alkyl halides is 5. The van der Waals surface area contributed by atoms with Crippen molar-refractivity contribution in [3.05, 3.63) is 63.5 Å². The summed E-state index contributed by atoms with van der Waals surface area (Å²) < 4.78 is 67.9. The molecule has 2 aliphatic carbocycles. The van der Waals surface area contributed by atoms with E-state index < -0.39 is 53.9 Å². The number of hydrogen-bond donors (Lipinski definition) is 6. The summed E-state index contributed by atoms with van der Waals surface area (Å²) in [5.41, 5.74) is 4.18. The topological polar surface area (TPSA) is 174 Å². The Labute approximate surface area is 269 Å². The lowest BCUT2D eigenvalue weighted by atomic mass is 9.88. The van der Waals surface area contributed by atoms with Crippen LogP contribution in [0, 0.1) is 0 Å². The summed E-state index contributed by atoms with van der Waals surface area (Å²) in [6, 6.07) is 4.17. The minimum Gasteiger partial charge on any atom is -0.349 e. The summed E-state index contributed by atoms with van der Waals surface area (Å²) in [4.78, 5) is 46.4. The van der Waals surface area contributed by atoms with Crippen molar-refractivity contribution in [1.29, 1.82) is 0 Å². The second-order valence-corrected chi connectivity index (χ2v) is 12.6. The predicted molar refractivity (Wildman–Crippen MR) is 158 cm³/mol. The zero-order valence-corrected chi connectivity index (χ0v) is 25.4. The van der Waals surface area contributed by atoms with Gasteiger partial charge >= 0.3 is 12.2 Å². The highest BCUT2D eigenvalue weighted by atomic mass is 35.5. The van der Waals surface area contributed by atoms with E-state index in [1.807, 2.05) is 0 Å².